The number of aromatic nitrogens is 1. The van der Waals surface area contributed by atoms with E-state index in [1.54, 1.807) is 20.0 Å². The summed E-state index contributed by atoms with van der Waals surface area (Å²) in [6, 6.07) is 3.74. The molecule has 1 heterocycles. The summed E-state index contributed by atoms with van der Waals surface area (Å²) in [5.74, 6) is -0.306. The molecule has 1 aromatic carbocycles. The number of hydrogen-bond donors (Lipinski definition) is 1. The van der Waals surface area contributed by atoms with Crippen molar-refractivity contribution < 1.29 is 4.79 Å². The molecule has 0 spiro atoms. The quantitative estimate of drug-likeness (QED) is 0.925. The standard InChI is InChI=1S/C14H15ClN2O2S/c1-7-5-8(2)11(10(15)6-7)16-13(18)12-9(3)17(4)14(19)20-12/h5-6H,1-4H3,(H,16,18). The molecule has 0 bridgehead atoms. The van der Waals surface area contributed by atoms with Crippen LogP contribution in [0.25, 0.3) is 0 Å². The van der Waals surface area contributed by atoms with Crippen molar-refractivity contribution >= 4 is 34.5 Å². The van der Waals surface area contributed by atoms with Crippen molar-refractivity contribution in [2.75, 3.05) is 5.32 Å². The molecule has 1 aromatic heterocycles. The molecule has 0 aliphatic carbocycles. The molecule has 6 heteroatoms. The number of thiazole rings is 1. The predicted molar refractivity (Wildman–Crippen MR) is 83.2 cm³/mol. The van der Waals surface area contributed by atoms with Crippen LogP contribution in [-0.4, -0.2) is 10.5 Å². The van der Waals surface area contributed by atoms with E-state index >= 15 is 0 Å². The third-order valence-electron chi connectivity index (χ3n) is 3.17. The van der Waals surface area contributed by atoms with Gasteiger partial charge in [0.1, 0.15) is 4.88 Å². The van der Waals surface area contributed by atoms with Crippen LogP contribution in [0.5, 0.6) is 0 Å². The lowest BCUT2D eigenvalue weighted by Crippen LogP contribution is -2.14. The number of rotatable bonds is 2. The van der Waals surface area contributed by atoms with E-state index in [9.17, 15) is 9.59 Å². The van der Waals surface area contributed by atoms with E-state index in [-0.39, 0.29) is 10.8 Å². The molecular weight excluding hydrogens is 296 g/mol. The summed E-state index contributed by atoms with van der Waals surface area (Å²) in [7, 11) is 1.65. The van der Waals surface area contributed by atoms with E-state index in [2.05, 4.69) is 5.32 Å². The van der Waals surface area contributed by atoms with Gasteiger partial charge in [0.25, 0.3) is 5.91 Å². The first kappa shape index (κ1) is 14.8. The Hall–Kier alpha value is -1.59. The first-order chi connectivity index (χ1) is 9.31. The predicted octanol–water partition coefficient (Wildman–Crippen LogP) is 3.28. The maximum absolute atomic E-state index is 12.3. The summed E-state index contributed by atoms with van der Waals surface area (Å²) in [5.41, 5.74) is 3.17. The molecule has 20 heavy (non-hydrogen) atoms. The van der Waals surface area contributed by atoms with Gasteiger partial charge in [-0.3, -0.25) is 9.59 Å². The number of nitrogens with zero attached hydrogens (tertiary/aromatic N) is 1. The fourth-order valence-corrected chi connectivity index (χ4v) is 3.22. The Balaban J connectivity index is 2.38. The van der Waals surface area contributed by atoms with Gasteiger partial charge < -0.3 is 9.88 Å². The van der Waals surface area contributed by atoms with Gasteiger partial charge in [0.2, 0.25) is 0 Å². The molecule has 0 saturated heterocycles. The van der Waals surface area contributed by atoms with Crippen LogP contribution >= 0.6 is 22.9 Å². The number of carbonyl (C=O) groups is 1. The van der Waals surface area contributed by atoms with E-state index < -0.39 is 0 Å². The number of carbonyl (C=O) groups excluding carboxylic acids is 1. The minimum atomic E-state index is -0.306. The van der Waals surface area contributed by atoms with E-state index in [0.29, 0.717) is 21.3 Å². The lowest BCUT2D eigenvalue weighted by atomic mass is 10.1. The van der Waals surface area contributed by atoms with Crippen LogP contribution < -0.4 is 10.2 Å². The molecule has 0 radical (unpaired) electrons. The van der Waals surface area contributed by atoms with Crippen LogP contribution in [-0.2, 0) is 7.05 Å². The second-order valence-corrected chi connectivity index (χ2v) is 6.10. The molecule has 0 aliphatic heterocycles. The maximum atomic E-state index is 12.3. The van der Waals surface area contributed by atoms with Gasteiger partial charge in [0.05, 0.1) is 10.7 Å². The number of benzene rings is 1. The molecule has 106 valence electrons. The smallest absolute Gasteiger partial charge is 0.307 e. The average Bonchev–Trinajstić information content (AvgIpc) is 2.61. The van der Waals surface area contributed by atoms with E-state index in [1.165, 1.54) is 4.57 Å². The Labute approximate surface area is 126 Å². The van der Waals surface area contributed by atoms with Gasteiger partial charge in [0.15, 0.2) is 0 Å². The summed E-state index contributed by atoms with van der Waals surface area (Å²) in [4.78, 5) is 24.1. The van der Waals surface area contributed by atoms with Crippen molar-refractivity contribution in [2.45, 2.75) is 20.8 Å². The molecule has 0 fully saturated rings. The summed E-state index contributed by atoms with van der Waals surface area (Å²) in [6.07, 6.45) is 0. The Morgan fingerprint density at radius 2 is 1.95 bits per heavy atom. The zero-order valence-electron chi connectivity index (χ0n) is 11.7. The maximum Gasteiger partial charge on any atom is 0.307 e. The van der Waals surface area contributed by atoms with Gasteiger partial charge in [-0.15, -0.1) is 0 Å². The molecule has 0 unspecified atom stereocenters. The Morgan fingerprint density at radius 3 is 2.45 bits per heavy atom. The van der Waals surface area contributed by atoms with Crippen molar-refractivity contribution in [1.29, 1.82) is 0 Å². The van der Waals surface area contributed by atoms with Crippen LogP contribution in [0.1, 0.15) is 26.5 Å². The van der Waals surface area contributed by atoms with Crippen LogP contribution in [0.3, 0.4) is 0 Å². The minimum absolute atomic E-state index is 0.153. The third-order valence-corrected chi connectivity index (χ3v) is 4.60. The lowest BCUT2D eigenvalue weighted by Gasteiger charge is -2.11. The topological polar surface area (TPSA) is 51.1 Å². The Kier molecular flexibility index (Phi) is 4.01. The van der Waals surface area contributed by atoms with Crippen LogP contribution in [0.4, 0.5) is 5.69 Å². The van der Waals surface area contributed by atoms with Crippen molar-refractivity contribution in [1.82, 2.24) is 4.57 Å². The zero-order chi connectivity index (χ0) is 15.0. The van der Waals surface area contributed by atoms with Crippen LogP contribution in [0, 0.1) is 20.8 Å². The summed E-state index contributed by atoms with van der Waals surface area (Å²) in [6.45, 7) is 5.57. The molecule has 4 nitrogen and oxygen atoms in total. The molecular formula is C14H15ClN2O2S. The number of nitrogens with one attached hydrogen (secondary N) is 1. The highest BCUT2D eigenvalue weighted by molar-refractivity contribution is 7.11. The fraction of sp³-hybridized carbons (Fsp3) is 0.286. The highest BCUT2D eigenvalue weighted by atomic mass is 35.5. The van der Waals surface area contributed by atoms with Crippen molar-refractivity contribution in [2.24, 2.45) is 7.05 Å². The third kappa shape index (κ3) is 2.64. The first-order valence-corrected chi connectivity index (χ1v) is 7.25. The van der Waals surface area contributed by atoms with Gasteiger partial charge in [-0.05, 0) is 38.0 Å². The zero-order valence-corrected chi connectivity index (χ0v) is 13.3. The number of halogens is 1. The Morgan fingerprint density at radius 1 is 1.30 bits per heavy atom. The number of anilines is 1. The van der Waals surface area contributed by atoms with Crippen molar-refractivity contribution in [3.63, 3.8) is 0 Å². The molecule has 2 rings (SSSR count). The normalized spacial score (nSPS) is 10.7. The fourth-order valence-electron chi connectivity index (χ4n) is 1.97. The molecule has 0 aliphatic rings. The van der Waals surface area contributed by atoms with E-state index in [4.69, 9.17) is 11.6 Å². The summed E-state index contributed by atoms with van der Waals surface area (Å²) >= 11 is 7.10. The molecule has 0 atom stereocenters. The monoisotopic (exact) mass is 310 g/mol. The number of hydrogen-bond acceptors (Lipinski definition) is 3. The van der Waals surface area contributed by atoms with Gasteiger partial charge in [0, 0.05) is 12.7 Å². The molecule has 0 saturated carbocycles. The van der Waals surface area contributed by atoms with E-state index in [1.807, 2.05) is 19.9 Å². The average molecular weight is 311 g/mol. The largest absolute Gasteiger partial charge is 0.320 e. The highest BCUT2D eigenvalue weighted by Gasteiger charge is 2.17. The Bertz CT molecular complexity index is 723. The number of aryl methyl sites for hydroxylation is 2. The van der Waals surface area contributed by atoms with Gasteiger partial charge in [-0.2, -0.15) is 0 Å². The van der Waals surface area contributed by atoms with Gasteiger partial charge in [-0.25, -0.2) is 0 Å². The molecule has 1 amide bonds. The SMILES string of the molecule is Cc1cc(C)c(NC(=O)c2sc(=O)n(C)c2C)c(Cl)c1. The second-order valence-electron chi connectivity index (χ2n) is 4.73. The molecule has 2 aromatic rings. The highest BCUT2D eigenvalue weighted by Crippen LogP contribution is 2.28. The van der Waals surface area contributed by atoms with Gasteiger partial charge in [-0.1, -0.05) is 29.0 Å². The second kappa shape index (κ2) is 5.42. The van der Waals surface area contributed by atoms with Crippen molar-refractivity contribution in [3.05, 3.63) is 48.5 Å². The van der Waals surface area contributed by atoms with Gasteiger partial charge >= 0.3 is 4.87 Å². The first-order valence-electron chi connectivity index (χ1n) is 6.05. The summed E-state index contributed by atoms with van der Waals surface area (Å²) in [5, 5.41) is 3.29. The summed E-state index contributed by atoms with van der Waals surface area (Å²) < 4.78 is 1.46. The van der Waals surface area contributed by atoms with Crippen molar-refractivity contribution in [3.8, 4) is 0 Å². The minimum Gasteiger partial charge on any atom is -0.320 e. The molecule has 1 N–H and O–H groups in total. The van der Waals surface area contributed by atoms with Crippen LogP contribution in [0.15, 0.2) is 16.9 Å². The number of amides is 1. The lowest BCUT2D eigenvalue weighted by molar-refractivity contribution is 0.102. The van der Waals surface area contributed by atoms with Crippen LogP contribution in [0.2, 0.25) is 5.02 Å². The van der Waals surface area contributed by atoms with E-state index in [0.717, 1.165) is 22.5 Å².